The Kier molecular flexibility index (Phi) is 4.47. The smallest absolute Gasteiger partial charge is 0.354 e. The Morgan fingerprint density at radius 2 is 2.17 bits per heavy atom. The zero-order valence-corrected chi connectivity index (χ0v) is 10.3. The molecule has 0 saturated heterocycles. The predicted molar refractivity (Wildman–Crippen MR) is 67.6 cm³/mol. The highest BCUT2D eigenvalue weighted by Gasteiger charge is 2.14. The van der Waals surface area contributed by atoms with E-state index in [1.807, 2.05) is 6.92 Å². The number of nitrogens with one attached hydrogen (secondary N) is 1. The lowest BCUT2D eigenvalue weighted by Crippen LogP contribution is -2.35. The third-order valence-corrected chi connectivity index (χ3v) is 2.24. The van der Waals surface area contributed by atoms with Crippen molar-refractivity contribution in [3.63, 3.8) is 0 Å². The summed E-state index contributed by atoms with van der Waals surface area (Å²) in [6.45, 7) is 2.41. The number of rotatable bonds is 5. The molecule has 1 heterocycles. The summed E-state index contributed by atoms with van der Waals surface area (Å²) in [7, 11) is 1.62. The van der Waals surface area contributed by atoms with Crippen molar-refractivity contribution in [1.29, 1.82) is 0 Å². The number of pyridine rings is 1. The molecule has 0 fully saturated rings. The maximum absolute atomic E-state index is 11.4. The molecule has 0 spiro atoms. The van der Waals surface area contributed by atoms with Gasteiger partial charge in [-0.05, 0) is 19.1 Å². The molecule has 1 amide bonds. The molecule has 7 heteroatoms. The van der Waals surface area contributed by atoms with Crippen molar-refractivity contribution in [2.45, 2.75) is 6.92 Å². The minimum atomic E-state index is -1.14. The van der Waals surface area contributed by atoms with E-state index in [0.717, 1.165) is 0 Å². The first-order valence-electron chi connectivity index (χ1n) is 5.43. The summed E-state index contributed by atoms with van der Waals surface area (Å²) in [5.74, 6) is -1.04. The van der Waals surface area contributed by atoms with Crippen LogP contribution in [0.4, 0.5) is 11.5 Å². The summed E-state index contributed by atoms with van der Waals surface area (Å²) in [5.41, 5.74) is 5.93. The second kappa shape index (κ2) is 5.85. The molecular formula is C11H16N4O3. The Hall–Kier alpha value is -2.31. The number of hydrogen-bond acceptors (Lipinski definition) is 5. The van der Waals surface area contributed by atoms with E-state index in [-0.39, 0.29) is 24.0 Å². The van der Waals surface area contributed by atoms with E-state index in [1.165, 1.54) is 17.0 Å². The molecule has 1 rings (SSSR count). The number of hydrogen-bond donors (Lipinski definition) is 3. The highest BCUT2D eigenvalue weighted by Crippen LogP contribution is 2.19. The number of amides is 1. The molecule has 0 aliphatic carbocycles. The Bertz CT molecular complexity index is 462. The van der Waals surface area contributed by atoms with E-state index in [0.29, 0.717) is 12.2 Å². The van der Waals surface area contributed by atoms with Crippen LogP contribution in [-0.4, -0.2) is 42.1 Å². The fraction of sp³-hybridized carbons (Fsp3) is 0.364. The van der Waals surface area contributed by atoms with Crippen molar-refractivity contribution in [3.8, 4) is 0 Å². The number of likely N-dealkylation sites (N-methyl/N-ethyl adjacent to an activating group) is 2. The van der Waals surface area contributed by atoms with Gasteiger partial charge < -0.3 is 21.1 Å². The number of carbonyl (C=O) groups excluding carboxylic acids is 1. The van der Waals surface area contributed by atoms with Gasteiger partial charge in [0, 0.05) is 13.6 Å². The van der Waals surface area contributed by atoms with Crippen molar-refractivity contribution in [2.75, 3.05) is 30.8 Å². The van der Waals surface area contributed by atoms with Crippen LogP contribution < -0.4 is 16.0 Å². The van der Waals surface area contributed by atoms with E-state index in [4.69, 9.17) is 10.8 Å². The number of carbonyl (C=O) groups is 2. The number of nitrogens with two attached hydrogens (primary N) is 1. The fourth-order valence-electron chi connectivity index (χ4n) is 1.43. The molecule has 0 aromatic carbocycles. The Labute approximate surface area is 105 Å². The van der Waals surface area contributed by atoms with Crippen LogP contribution in [0.5, 0.6) is 0 Å². The van der Waals surface area contributed by atoms with Crippen LogP contribution in [0, 0.1) is 0 Å². The maximum Gasteiger partial charge on any atom is 0.354 e. The standard InChI is InChI=1S/C11H16N4O3/c1-3-13-9(16)6-15(2)10-7(12)4-5-8(14-10)11(17)18/h4-5H,3,6,12H2,1-2H3,(H,13,16)(H,17,18). The Morgan fingerprint density at radius 1 is 1.50 bits per heavy atom. The summed E-state index contributed by atoms with van der Waals surface area (Å²) in [5, 5.41) is 11.5. The van der Waals surface area contributed by atoms with Crippen molar-refractivity contribution in [1.82, 2.24) is 10.3 Å². The third-order valence-electron chi connectivity index (χ3n) is 2.24. The summed E-state index contributed by atoms with van der Waals surface area (Å²) in [4.78, 5) is 27.6. The SMILES string of the molecule is CCNC(=O)CN(C)c1nc(C(=O)O)ccc1N. The van der Waals surface area contributed by atoms with E-state index in [2.05, 4.69) is 10.3 Å². The number of aromatic carboxylic acids is 1. The van der Waals surface area contributed by atoms with Gasteiger partial charge in [0.2, 0.25) is 5.91 Å². The fourth-order valence-corrected chi connectivity index (χ4v) is 1.43. The third kappa shape index (κ3) is 3.34. The molecule has 0 unspecified atom stereocenters. The number of carboxylic acids is 1. The van der Waals surface area contributed by atoms with Gasteiger partial charge in [-0.25, -0.2) is 9.78 Å². The van der Waals surface area contributed by atoms with Crippen molar-refractivity contribution in [3.05, 3.63) is 17.8 Å². The lowest BCUT2D eigenvalue weighted by molar-refractivity contribution is -0.119. The van der Waals surface area contributed by atoms with Crippen LogP contribution in [-0.2, 0) is 4.79 Å². The summed E-state index contributed by atoms with van der Waals surface area (Å²) in [6.07, 6.45) is 0. The Morgan fingerprint density at radius 3 is 2.72 bits per heavy atom. The molecule has 7 nitrogen and oxygen atoms in total. The molecule has 0 atom stereocenters. The minimum absolute atomic E-state index is 0.0636. The van der Waals surface area contributed by atoms with Gasteiger partial charge in [0.05, 0.1) is 12.2 Å². The van der Waals surface area contributed by atoms with E-state index < -0.39 is 5.97 Å². The van der Waals surface area contributed by atoms with Gasteiger partial charge in [0.25, 0.3) is 0 Å². The summed E-state index contributed by atoms with van der Waals surface area (Å²) in [6, 6.07) is 2.78. The van der Waals surface area contributed by atoms with Gasteiger partial charge in [-0.1, -0.05) is 0 Å². The first kappa shape index (κ1) is 13.8. The minimum Gasteiger partial charge on any atom is -0.477 e. The predicted octanol–water partition coefficient (Wildman–Crippen LogP) is -0.0657. The molecule has 98 valence electrons. The molecule has 0 bridgehead atoms. The normalized spacial score (nSPS) is 9.89. The first-order chi connectivity index (χ1) is 8.45. The molecule has 1 aromatic rings. The van der Waals surface area contributed by atoms with Crippen LogP contribution in [0.15, 0.2) is 12.1 Å². The molecule has 0 aliphatic rings. The number of nitrogen functional groups attached to an aromatic ring is 1. The van der Waals surface area contributed by atoms with Crippen molar-refractivity contribution < 1.29 is 14.7 Å². The second-order valence-electron chi connectivity index (χ2n) is 3.72. The zero-order chi connectivity index (χ0) is 13.7. The molecule has 0 radical (unpaired) electrons. The summed E-state index contributed by atoms with van der Waals surface area (Å²) >= 11 is 0. The van der Waals surface area contributed by atoms with E-state index in [1.54, 1.807) is 7.05 Å². The van der Waals surface area contributed by atoms with Crippen LogP contribution in [0.1, 0.15) is 17.4 Å². The first-order valence-corrected chi connectivity index (χ1v) is 5.43. The lowest BCUT2D eigenvalue weighted by Gasteiger charge is -2.19. The van der Waals surface area contributed by atoms with E-state index >= 15 is 0 Å². The zero-order valence-electron chi connectivity index (χ0n) is 10.3. The molecule has 0 saturated carbocycles. The van der Waals surface area contributed by atoms with E-state index in [9.17, 15) is 9.59 Å². The summed E-state index contributed by atoms with van der Waals surface area (Å²) < 4.78 is 0. The monoisotopic (exact) mass is 252 g/mol. The lowest BCUT2D eigenvalue weighted by atomic mass is 10.3. The van der Waals surface area contributed by atoms with Crippen molar-refractivity contribution >= 4 is 23.4 Å². The van der Waals surface area contributed by atoms with Gasteiger partial charge in [-0.2, -0.15) is 0 Å². The van der Waals surface area contributed by atoms with Crippen LogP contribution >= 0.6 is 0 Å². The van der Waals surface area contributed by atoms with Gasteiger partial charge in [-0.15, -0.1) is 0 Å². The number of nitrogens with zero attached hydrogens (tertiary/aromatic N) is 2. The van der Waals surface area contributed by atoms with Gasteiger partial charge >= 0.3 is 5.97 Å². The molecule has 4 N–H and O–H groups in total. The number of carboxylic acid groups (broad SMARTS) is 1. The number of aromatic nitrogens is 1. The maximum atomic E-state index is 11.4. The average molecular weight is 252 g/mol. The highest BCUT2D eigenvalue weighted by atomic mass is 16.4. The number of anilines is 2. The highest BCUT2D eigenvalue weighted by molar-refractivity contribution is 5.87. The second-order valence-corrected chi connectivity index (χ2v) is 3.72. The molecule has 18 heavy (non-hydrogen) atoms. The molecular weight excluding hydrogens is 236 g/mol. The molecule has 0 aliphatic heterocycles. The van der Waals surface area contributed by atoms with Crippen molar-refractivity contribution in [2.24, 2.45) is 0 Å². The van der Waals surface area contributed by atoms with Crippen LogP contribution in [0.3, 0.4) is 0 Å². The Balaban J connectivity index is 2.90. The van der Waals surface area contributed by atoms with Crippen LogP contribution in [0.25, 0.3) is 0 Å². The van der Waals surface area contributed by atoms with Gasteiger partial charge in [0.1, 0.15) is 0 Å². The van der Waals surface area contributed by atoms with Gasteiger partial charge in [-0.3, -0.25) is 4.79 Å². The molecule has 1 aromatic heterocycles. The largest absolute Gasteiger partial charge is 0.477 e. The topological polar surface area (TPSA) is 109 Å². The van der Waals surface area contributed by atoms with Crippen LogP contribution in [0.2, 0.25) is 0 Å². The average Bonchev–Trinajstić information content (AvgIpc) is 2.29. The quantitative estimate of drug-likeness (QED) is 0.677. The van der Waals surface area contributed by atoms with Gasteiger partial charge in [0.15, 0.2) is 11.5 Å².